The molecule has 1 amide bonds. The predicted octanol–water partition coefficient (Wildman–Crippen LogP) is 2.25. The summed E-state index contributed by atoms with van der Waals surface area (Å²) in [6, 6.07) is 7.67. The van der Waals surface area contributed by atoms with Gasteiger partial charge in [0.15, 0.2) is 0 Å². The molecule has 6 heteroatoms. The number of H-pyrrole nitrogens is 1. The summed E-state index contributed by atoms with van der Waals surface area (Å²) in [6.07, 6.45) is 2.38. The Balaban J connectivity index is 1.95. The number of carbonyl (C=O) groups excluding carboxylic acids is 1. The number of hydrogen-bond donors (Lipinski definition) is 3. The van der Waals surface area contributed by atoms with Crippen LogP contribution in [0.3, 0.4) is 0 Å². The number of nitrogens with zero attached hydrogens (tertiary/aromatic N) is 2. The third kappa shape index (κ3) is 2.82. The maximum atomic E-state index is 11.5. The summed E-state index contributed by atoms with van der Waals surface area (Å²) in [4.78, 5) is 23.2. The van der Waals surface area contributed by atoms with Gasteiger partial charge in [-0.3, -0.25) is 9.78 Å². The highest BCUT2D eigenvalue weighted by molar-refractivity contribution is 5.95. The van der Waals surface area contributed by atoms with Gasteiger partial charge in [-0.1, -0.05) is 0 Å². The van der Waals surface area contributed by atoms with Crippen LogP contribution in [0.15, 0.2) is 36.7 Å². The van der Waals surface area contributed by atoms with Gasteiger partial charge in [-0.05, 0) is 32.0 Å². The van der Waals surface area contributed by atoms with E-state index >= 15 is 0 Å². The second kappa shape index (κ2) is 5.57. The fourth-order valence-corrected chi connectivity index (χ4v) is 2.19. The van der Waals surface area contributed by atoms with Crippen LogP contribution in [0.1, 0.15) is 12.6 Å². The molecule has 0 unspecified atom stereocenters. The number of amides is 1. The maximum absolute atomic E-state index is 11.5. The van der Waals surface area contributed by atoms with Gasteiger partial charge in [0.25, 0.3) is 5.91 Å². The molecule has 0 saturated carbocycles. The smallest absolute Gasteiger partial charge is 0.254 e. The summed E-state index contributed by atoms with van der Waals surface area (Å²) >= 11 is 0. The Morgan fingerprint density at radius 3 is 2.86 bits per heavy atom. The Hall–Kier alpha value is -2.73. The van der Waals surface area contributed by atoms with E-state index in [1.807, 2.05) is 25.1 Å². The summed E-state index contributed by atoms with van der Waals surface area (Å²) < 4.78 is 0. The Morgan fingerprint density at radius 1 is 1.32 bits per heavy atom. The molecule has 0 spiro atoms. The van der Waals surface area contributed by atoms with Crippen LogP contribution in [0.5, 0.6) is 0 Å². The summed E-state index contributed by atoms with van der Waals surface area (Å²) in [6.45, 7) is 3.35. The van der Waals surface area contributed by atoms with Gasteiger partial charge in [0.2, 0.25) is 0 Å². The molecule has 3 N–H and O–H groups in total. The van der Waals surface area contributed by atoms with Crippen molar-refractivity contribution in [2.24, 2.45) is 0 Å². The first-order valence-corrected chi connectivity index (χ1v) is 6.93. The number of hydrogen-bond acceptors (Lipinski definition) is 4. The second-order valence-electron chi connectivity index (χ2n) is 5.19. The van der Waals surface area contributed by atoms with Crippen molar-refractivity contribution >= 4 is 22.6 Å². The van der Waals surface area contributed by atoms with Crippen LogP contribution in [-0.2, 0) is 4.79 Å². The van der Waals surface area contributed by atoms with Gasteiger partial charge in [0, 0.05) is 40.8 Å². The number of pyridine rings is 2. The summed E-state index contributed by atoms with van der Waals surface area (Å²) in [5.74, 6) is -0.0823. The van der Waals surface area contributed by atoms with Crippen molar-refractivity contribution in [3.63, 3.8) is 0 Å². The highest BCUT2D eigenvalue weighted by atomic mass is 16.3. The van der Waals surface area contributed by atoms with Crippen LogP contribution < -0.4 is 5.32 Å². The normalized spacial score (nSPS) is 12.3. The van der Waals surface area contributed by atoms with Crippen LogP contribution in [0.4, 0.5) is 5.82 Å². The van der Waals surface area contributed by atoms with E-state index in [2.05, 4.69) is 20.3 Å². The number of anilines is 1. The number of nitrogens with one attached hydrogen (secondary N) is 2. The standard InChI is InChI=1S/C16H16N4O2/c1-9-5-11(3-4-17-9)13-6-12-8-18-15(7-14(12)19-13)20-16(22)10(2)21/h3-8,10,19,21H,1-2H3,(H,18,20,22)/t10-/m1/s1. The molecule has 0 aliphatic carbocycles. The van der Waals surface area contributed by atoms with Gasteiger partial charge in [0.05, 0.1) is 5.52 Å². The van der Waals surface area contributed by atoms with E-state index in [0.717, 1.165) is 27.9 Å². The molecule has 3 heterocycles. The van der Waals surface area contributed by atoms with Crippen LogP contribution in [-0.4, -0.2) is 32.1 Å². The van der Waals surface area contributed by atoms with Crippen molar-refractivity contribution in [1.82, 2.24) is 15.0 Å². The molecule has 0 radical (unpaired) electrons. The average molecular weight is 296 g/mol. The third-order valence-corrected chi connectivity index (χ3v) is 3.34. The quantitative estimate of drug-likeness (QED) is 0.691. The Bertz CT molecular complexity index is 839. The average Bonchev–Trinajstić information content (AvgIpc) is 2.90. The van der Waals surface area contributed by atoms with Crippen LogP contribution >= 0.6 is 0 Å². The van der Waals surface area contributed by atoms with Gasteiger partial charge in [-0.25, -0.2) is 4.98 Å². The fraction of sp³-hybridized carbons (Fsp3) is 0.188. The molecule has 112 valence electrons. The van der Waals surface area contributed by atoms with Crippen LogP contribution in [0.25, 0.3) is 22.2 Å². The molecular formula is C16H16N4O2. The lowest BCUT2D eigenvalue weighted by molar-refractivity contribution is -0.123. The minimum Gasteiger partial charge on any atom is -0.384 e. The monoisotopic (exact) mass is 296 g/mol. The van der Waals surface area contributed by atoms with Crippen molar-refractivity contribution in [1.29, 1.82) is 0 Å². The summed E-state index contributed by atoms with van der Waals surface area (Å²) in [5, 5.41) is 12.7. The molecule has 1 atom stereocenters. The predicted molar refractivity (Wildman–Crippen MR) is 84.4 cm³/mol. The minimum absolute atomic E-state index is 0.401. The van der Waals surface area contributed by atoms with Crippen molar-refractivity contribution in [2.75, 3.05) is 5.32 Å². The lowest BCUT2D eigenvalue weighted by Crippen LogP contribution is -2.24. The molecule has 0 aromatic carbocycles. The van der Waals surface area contributed by atoms with E-state index in [0.29, 0.717) is 5.82 Å². The molecule has 6 nitrogen and oxygen atoms in total. The first-order chi connectivity index (χ1) is 10.5. The van der Waals surface area contributed by atoms with E-state index < -0.39 is 12.0 Å². The topological polar surface area (TPSA) is 90.9 Å². The number of rotatable bonds is 3. The van der Waals surface area contributed by atoms with E-state index in [-0.39, 0.29) is 0 Å². The molecule has 3 aromatic heterocycles. The lowest BCUT2D eigenvalue weighted by Gasteiger charge is -2.05. The molecule has 22 heavy (non-hydrogen) atoms. The highest BCUT2D eigenvalue weighted by Crippen LogP contribution is 2.25. The molecule has 3 aromatic rings. The van der Waals surface area contributed by atoms with Crippen molar-refractivity contribution in [2.45, 2.75) is 20.0 Å². The number of aliphatic hydroxyl groups excluding tert-OH is 1. The van der Waals surface area contributed by atoms with Crippen LogP contribution in [0, 0.1) is 6.92 Å². The first-order valence-electron chi connectivity index (χ1n) is 6.93. The number of fused-ring (bicyclic) bond motifs is 1. The number of aromatic amines is 1. The van der Waals surface area contributed by atoms with E-state index in [1.54, 1.807) is 18.5 Å². The van der Waals surface area contributed by atoms with Gasteiger partial charge in [-0.2, -0.15) is 0 Å². The van der Waals surface area contributed by atoms with Gasteiger partial charge >= 0.3 is 0 Å². The van der Waals surface area contributed by atoms with Crippen molar-refractivity contribution in [3.8, 4) is 11.3 Å². The molecule has 0 saturated heterocycles. The Kier molecular flexibility index (Phi) is 3.60. The molecule has 0 fully saturated rings. The van der Waals surface area contributed by atoms with E-state index in [9.17, 15) is 9.90 Å². The first kappa shape index (κ1) is 14.2. The van der Waals surface area contributed by atoms with Gasteiger partial charge in [0.1, 0.15) is 11.9 Å². The number of aromatic nitrogens is 3. The number of carbonyl (C=O) groups is 1. The molecule has 3 rings (SSSR count). The fourth-order valence-electron chi connectivity index (χ4n) is 2.19. The summed E-state index contributed by atoms with van der Waals surface area (Å²) in [7, 11) is 0. The molecular weight excluding hydrogens is 280 g/mol. The van der Waals surface area contributed by atoms with Crippen molar-refractivity contribution in [3.05, 3.63) is 42.4 Å². The van der Waals surface area contributed by atoms with Gasteiger partial charge < -0.3 is 15.4 Å². The number of aliphatic hydroxyl groups is 1. The van der Waals surface area contributed by atoms with E-state index in [1.165, 1.54) is 6.92 Å². The van der Waals surface area contributed by atoms with E-state index in [4.69, 9.17) is 0 Å². The maximum Gasteiger partial charge on any atom is 0.254 e. The van der Waals surface area contributed by atoms with Gasteiger partial charge in [-0.15, -0.1) is 0 Å². The largest absolute Gasteiger partial charge is 0.384 e. The second-order valence-corrected chi connectivity index (χ2v) is 5.19. The lowest BCUT2D eigenvalue weighted by atomic mass is 10.2. The zero-order valence-electron chi connectivity index (χ0n) is 12.3. The zero-order chi connectivity index (χ0) is 15.7. The highest BCUT2D eigenvalue weighted by Gasteiger charge is 2.11. The van der Waals surface area contributed by atoms with Crippen LogP contribution in [0.2, 0.25) is 0 Å². The SMILES string of the molecule is Cc1cc(-c2cc3cnc(NC(=O)[C@@H](C)O)cc3[nH]2)ccn1. The number of aryl methyl sites for hydroxylation is 1. The summed E-state index contributed by atoms with van der Waals surface area (Å²) in [5.41, 5.74) is 3.80. The Labute approximate surface area is 127 Å². The molecule has 0 aliphatic rings. The Morgan fingerprint density at radius 2 is 2.14 bits per heavy atom. The van der Waals surface area contributed by atoms with Crippen molar-refractivity contribution < 1.29 is 9.90 Å². The molecule has 0 bridgehead atoms. The third-order valence-electron chi connectivity index (χ3n) is 3.34. The minimum atomic E-state index is -1.07. The molecule has 0 aliphatic heterocycles. The zero-order valence-corrected chi connectivity index (χ0v) is 12.3.